The Bertz CT molecular complexity index is 1060. The summed E-state index contributed by atoms with van der Waals surface area (Å²) in [5.74, 6) is 0.549. The van der Waals surface area contributed by atoms with Gasteiger partial charge in [0.15, 0.2) is 0 Å². The Morgan fingerprint density at radius 1 is 1.03 bits per heavy atom. The van der Waals surface area contributed by atoms with Gasteiger partial charge < -0.3 is 9.80 Å². The zero-order valence-electron chi connectivity index (χ0n) is 21.1. The van der Waals surface area contributed by atoms with Crippen LogP contribution >= 0.6 is 0 Å². The SMILES string of the molecule is CN(C)C1(c2ccccc2)CCC2(CC1)CN(Cc1ccc(C(F)(F)F)nc1)C(=O)N2CC1CCC1. The number of aromatic nitrogens is 1. The van der Waals surface area contributed by atoms with Crippen LogP contribution in [-0.2, 0) is 18.3 Å². The quantitative estimate of drug-likeness (QED) is 0.495. The molecule has 1 spiro atoms. The van der Waals surface area contributed by atoms with Gasteiger partial charge in [-0.1, -0.05) is 42.8 Å². The maximum Gasteiger partial charge on any atom is 0.433 e. The first-order valence-electron chi connectivity index (χ1n) is 12.9. The summed E-state index contributed by atoms with van der Waals surface area (Å²) in [5.41, 5.74) is 0.727. The van der Waals surface area contributed by atoms with E-state index in [-0.39, 0.29) is 23.7 Å². The highest BCUT2D eigenvalue weighted by Gasteiger charge is 2.54. The summed E-state index contributed by atoms with van der Waals surface area (Å²) in [6.45, 7) is 1.67. The van der Waals surface area contributed by atoms with E-state index in [9.17, 15) is 18.0 Å². The van der Waals surface area contributed by atoms with Gasteiger partial charge in [0.05, 0.1) is 5.54 Å². The molecule has 1 aromatic carbocycles. The maximum atomic E-state index is 13.7. The third-order valence-corrected chi connectivity index (χ3v) is 8.89. The van der Waals surface area contributed by atoms with Crippen molar-refractivity contribution in [3.63, 3.8) is 0 Å². The molecule has 0 bridgehead atoms. The van der Waals surface area contributed by atoms with Crippen LogP contribution in [0.3, 0.4) is 0 Å². The summed E-state index contributed by atoms with van der Waals surface area (Å²) in [5, 5.41) is 0. The van der Waals surface area contributed by atoms with Crippen molar-refractivity contribution in [2.24, 2.45) is 5.92 Å². The van der Waals surface area contributed by atoms with Crippen molar-refractivity contribution in [2.75, 3.05) is 27.2 Å². The topological polar surface area (TPSA) is 39.7 Å². The van der Waals surface area contributed by atoms with Crippen LogP contribution in [0.1, 0.15) is 61.8 Å². The smallest absolute Gasteiger partial charge is 0.318 e. The normalized spacial score (nSPS) is 27.2. The minimum atomic E-state index is -4.47. The molecule has 0 atom stereocenters. The lowest BCUT2D eigenvalue weighted by molar-refractivity contribution is -0.141. The molecule has 8 heteroatoms. The highest BCUT2D eigenvalue weighted by Crippen LogP contribution is 2.49. The second kappa shape index (κ2) is 9.36. The molecule has 3 aliphatic rings. The van der Waals surface area contributed by atoms with Crippen LogP contribution in [0.5, 0.6) is 0 Å². The number of carbonyl (C=O) groups is 1. The Morgan fingerprint density at radius 2 is 1.72 bits per heavy atom. The largest absolute Gasteiger partial charge is 0.433 e. The third kappa shape index (κ3) is 4.49. The molecule has 36 heavy (non-hydrogen) atoms. The van der Waals surface area contributed by atoms with Crippen molar-refractivity contribution in [3.05, 3.63) is 65.5 Å². The van der Waals surface area contributed by atoms with Gasteiger partial charge in [0, 0.05) is 31.4 Å². The van der Waals surface area contributed by atoms with Crippen LogP contribution < -0.4 is 0 Å². The minimum absolute atomic E-state index is 0.0128. The molecule has 2 saturated carbocycles. The molecule has 2 heterocycles. The number of hydrogen-bond donors (Lipinski definition) is 0. The van der Waals surface area contributed by atoms with E-state index < -0.39 is 11.9 Å². The number of carbonyl (C=O) groups excluding carboxylic acids is 1. The van der Waals surface area contributed by atoms with E-state index in [0.717, 1.165) is 51.1 Å². The highest BCUT2D eigenvalue weighted by atomic mass is 19.4. The number of alkyl halides is 3. The van der Waals surface area contributed by atoms with Gasteiger partial charge in [-0.05, 0) is 75.7 Å². The molecule has 1 aromatic heterocycles. The highest BCUT2D eigenvalue weighted by molar-refractivity contribution is 5.78. The van der Waals surface area contributed by atoms with Crippen molar-refractivity contribution < 1.29 is 18.0 Å². The number of urea groups is 1. The first-order valence-corrected chi connectivity index (χ1v) is 12.9. The van der Waals surface area contributed by atoms with Gasteiger partial charge in [-0.3, -0.25) is 9.88 Å². The molecule has 2 aromatic rings. The van der Waals surface area contributed by atoms with Gasteiger partial charge >= 0.3 is 12.2 Å². The van der Waals surface area contributed by atoms with Crippen LogP contribution in [0, 0.1) is 5.92 Å². The standard InChI is InChI=1S/C28H35F3N4O/c1-33(2)27(23-9-4-3-5-10-23)15-13-26(14-16-27)20-34(25(36)35(26)19-21-7-6-8-21)18-22-11-12-24(32-17-22)28(29,30)31/h3-5,9-12,17,21H,6-8,13-16,18-20H2,1-2H3. The van der Waals surface area contributed by atoms with Crippen molar-refractivity contribution in [3.8, 4) is 0 Å². The van der Waals surface area contributed by atoms with E-state index in [1.165, 1.54) is 24.2 Å². The number of halogens is 3. The Hall–Kier alpha value is -2.61. The average molecular weight is 501 g/mol. The molecule has 3 fully saturated rings. The Labute approximate surface area is 211 Å². The molecule has 1 saturated heterocycles. The molecule has 0 N–H and O–H groups in total. The van der Waals surface area contributed by atoms with Gasteiger partial charge in [-0.25, -0.2) is 4.79 Å². The van der Waals surface area contributed by atoms with E-state index in [1.807, 2.05) is 11.0 Å². The van der Waals surface area contributed by atoms with Crippen LogP contribution in [0.2, 0.25) is 0 Å². The van der Waals surface area contributed by atoms with Gasteiger partial charge in [0.25, 0.3) is 0 Å². The molecule has 2 aliphatic carbocycles. The van der Waals surface area contributed by atoms with Gasteiger partial charge in [0.1, 0.15) is 5.69 Å². The van der Waals surface area contributed by atoms with Crippen molar-refractivity contribution in [1.82, 2.24) is 19.7 Å². The molecule has 0 radical (unpaired) electrons. The first kappa shape index (κ1) is 25.1. The summed E-state index contributed by atoms with van der Waals surface area (Å²) in [7, 11) is 4.28. The molecule has 5 rings (SSSR count). The zero-order valence-corrected chi connectivity index (χ0v) is 21.1. The molecule has 2 amide bonds. The number of pyridine rings is 1. The summed E-state index contributed by atoms with van der Waals surface area (Å²) in [6.07, 6.45) is 4.04. The summed E-state index contributed by atoms with van der Waals surface area (Å²) in [4.78, 5) is 23.6. The van der Waals surface area contributed by atoms with E-state index in [2.05, 4.69) is 53.1 Å². The second-order valence-corrected chi connectivity index (χ2v) is 11.1. The van der Waals surface area contributed by atoms with Gasteiger partial charge in [-0.2, -0.15) is 13.2 Å². The maximum absolute atomic E-state index is 13.7. The van der Waals surface area contributed by atoms with Crippen LogP contribution in [0.4, 0.5) is 18.0 Å². The van der Waals surface area contributed by atoms with Crippen molar-refractivity contribution >= 4 is 6.03 Å². The molecule has 1 aliphatic heterocycles. The predicted octanol–water partition coefficient (Wildman–Crippen LogP) is 5.91. The molecular formula is C28H35F3N4O. The fourth-order valence-corrected chi connectivity index (χ4v) is 6.42. The lowest BCUT2D eigenvalue weighted by atomic mass is 9.68. The molecular weight excluding hydrogens is 465 g/mol. The Morgan fingerprint density at radius 3 is 2.25 bits per heavy atom. The Kier molecular flexibility index (Phi) is 6.52. The summed E-state index contributed by atoms with van der Waals surface area (Å²) < 4.78 is 38.8. The van der Waals surface area contributed by atoms with Crippen molar-refractivity contribution in [2.45, 2.75) is 68.7 Å². The average Bonchev–Trinajstić information content (AvgIpc) is 3.07. The van der Waals surface area contributed by atoms with E-state index >= 15 is 0 Å². The predicted molar refractivity (Wildman–Crippen MR) is 132 cm³/mol. The number of hydrogen-bond acceptors (Lipinski definition) is 3. The van der Waals surface area contributed by atoms with E-state index in [1.54, 1.807) is 0 Å². The Balaban J connectivity index is 1.37. The monoisotopic (exact) mass is 500 g/mol. The zero-order chi connectivity index (χ0) is 25.6. The van der Waals surface area contributed by atoms with Gasteiger partial charge in [0.2, 0.25) is 0 Å². The lowest BCUT2D eigenvalue weighted by Crippen LogP contribution is -2.56. The molecule has 0 unspecified atom stereocenters. The molecule has 194 valence electrons. The van der Waals surface area contributed by atoms with Crippen LogP contribution in [-0.4, -0.2) is 58.4 Å². The van der Waals surface area contributed by atoms with E-state index in [4.69, 9.17) is 0 Å². The summed E-state index contributed by atoms with van der Waals surface area (Å²) in [6, 6.07) is 13.1. The first-order chi connectivity index (χ1) is 17.1. The van der Waals surface area contributed by atoms with Crippen molar-refractivity contribution in [1.29, 1.82) is 0 Å². The number of rotatable bonds is 6. The fraction of sp³-hybridized carbons (Fsp3) is 0.571. The van der Waals surface area contributed by atoms with Crippen LogP contribution in [0.25, 0.3) is 0 Å². The molecule has 5 nitrogen and oxygen atoms in total. The number of amides is 2. The lowest BCUT2D eigenvalue weighted by Gasteiger charge is -2.51. The fourth-order valence-electron chi connectivity index (χ4n) is 6.42. The van der Waals surface area contributed by atoms with Gasteiger partial charge in [-0.15, -0.1) is 0 Å². The third-order valence-electron chi connectivity index (χ3n) is 8.89. The van der Waals surface area contributed by atoms with Crippen LogP contribution in [0.15, 0.2) is 48.7 Å². The van der Waals surface area contributed by atoms with E-state index in [0.29, 0.717) is 18.0 Å². The number of benzene rings is 1. The minimum Gasteiger partial charge on any atom is -0.318 e. The summed E-state index contributed by atoms with van der Waals surface area (Å²) >= 11 is 0. The second-order valence-electron chi connectivity index (χ2n) is 11.1. The number of nitrogens with zero attached hydrogens (tertiary/aromatic N) is 4.